The van der Waals surface area contributed by atoms with Crippen molar-refractivity contribution in [2.75, 3.05) is 31.1 Å². The Bertz CT molecular complexity index is 1490. The maximum absolute atomic E-state index is 13.0. The van der Waals surface area contributed by atoms with Gasteiger partial charge in [0, 0.05) is 43.0 Å². The van der Waals surface area contributed by atoms with E-state index in [4.69, 9.17) is 14.5 Å². The number of rotatable bonds is 6. The molecule has 1 fully saturated rings. The molecule has 0 atom stereocenters. The SMILES string of the molecule is O=C(Cc1cccs1)N1CCCN(c2nc(Cc3ccccc3)nc3onc(-c4ccccc4)c23)CC1. The van der Waals surface area contributed by atoms with Gasteiger partial charge in [-0.25, -0.2) is 4.98 Å². The van der Waals surface area contributed by atoms with Crippen LogP contribution in [0.1, 0.15) is 22.7 Å². The number of anilines is 1. The van der Waals surface area contributed by atoms with Crippen LogP contribution in [0.5, 0.6) is 0 Å². The van der Waals surface area contributed by atoms with E-state index in [1.54, 1.807) is 11.3 Å². The molecule has 186 valence electrons. The average molecular weight is 510 g/mol. The minimum absolute atomic E-state index is 0.178. The number of nitrogens with zero attached hydrogens (tertiary/aromatic N) is 5. The predicted molar refractivity (Wildman–Crippen MR) is 146 cm³/mol. The number of thiophene rings is 1. The van der Waals surface area contributed by atoms with Gasteiger partial charge in [0.2, 0.25) is 5.91 Å². The molecule has 1 saturated heterocycles. The first-order valence-corrected chi connectivity index (χ1v) is 13.4. The summed E-state index contributed by atoms with van der Waals surface area (Å²) in [5.41, 5.74) is 3.33. The molecule has 3 aromatic heterocycles. The molecule has 1 aliphatic heterocycles. The lowest BCUT2D eigenvalue weighted by molar-refractivity contribution is -0.130. The Balaban J connectivity index is 1.33. The van der Waals surface area contributed by atoms with Crippen molar-refractivity contribution in [2.45, 2.75) is 19.3 Å². The monoisotopic (exact) mass is 509 g/mol. The smallest absolute Gasteiger partial charge is 0.263 e. The van der Waals surface area contributed by atoms with Gasteiger partial charge in [-0.3, -0.25) is 4.79 Å². The Morgan fingerprint density at radius 1 is 0.892 bits per heavy atom. The van der Waals surface area contributed by atoms with Gasteiger partial charge in [-0.05, 0) is 23.4 Å². The summed E-state index contributed by atoms with van der Waals surface area (Å²) in [4.78, 5) is 28.2. The fraction of sp³-hybridized carbons (Fsp3) is 0.241. The van der Waals surface area contributed by atoms with E-state index in [0.717, 1.165) is 52.4 Å². The lowest BCUT2D eigenvalue weighted by Gasteiger charge is -2.24. The Morgan fingerprint density at radius 2 is 1.70 bits per heavy atom. The van der Waals surface area contributed by atoms with Gasteiger partial charge in [0.15, 0.2) is 0 Å². The molecule has 4 heterocycles. The number of carbonyl (C=O) groups is 1. The van der Waals surface area contributed by atoms with Crippen LogP contribution in [0.15, 0.2) is 82.7 Å². The van der Waals surface area contributed by atoms with Gasteiger partial charge < -0.3 is 14.3 Å². The fourth-order valence-electron chi connectivity index (χ4n) is 4.81. The van der Waals surface area contributed by atoms with Crippen molar-refractivity contribution < 1.29 is 9.32 Å². The van der Waals surface area contributed by atoms with Gasteiger partial charge >= 0.3 is 0 Å². The first kappa shape index (κ1) is 23.4. The van der Waals surface area contributed by atoms with E-state index in [-0.39, 0.29) is 5.91 Å². The molecule has 1 amide bonds. The van der Waals surface area contributed by atoms with Crippen LogP contribution >= 0.6 is 11.3 Å². The maximum Gasteiger partial charge on any atom is 0.263 e. The molecule has 1 aliphatic rings. The lowest BCUT2D eigenvalue weighted by atomic mass is 10.1. The second-order valence-corrected chi connectivity index (χ2v) is 10.2. The lowest BCUT2D eigenvalue weighted by Crippen LogP contribution is -2.36. The van der Waals surface area contributed by atoms with E-state index < -0.39 is 0 Å². The van der Waals surface area contributed by atoms with E-state index in [1.807, 2.05) is 70.9 Å². The number of fused-ring (bicyclic) bond motifs is 1. The highest BCUT2D eigenvalue weighted by Gasteiger charge is 2.26. The molecule has 5 aromatic rings. The summed E-state index contributed by atoms with van der Waals surface area (Å²) in [7, 11) is 0. The zero-order valence-corrected chi connectivity index (χ0v) is 21.2. The second kappa shape index (κ2) is 10.5. The predicted octanol–water partition coefficient (Wildman–Crippen LogP) is 5.22. The third-order valence-corrected chi connectivity index (χ3v) is 7.55. The molecule has 37 heavy (non-hydrogen) atoms. The Hall–Kier alpha value is -4.04. The van der Waals surface area contributed by atoms with E-state index in [0.29, 0.717) is 37.5 Å². The van der Waals surface area contributed by atoms with Crippen molar-refractivity contribution in [2.24, 2.45) is 0 Å². The normalized spacial score (nSPS) is 14.2. The second-order valence-electron chi connectivity index (χ2n) is 9.18. The van der Waals surface area contributed by atoms with E-state index in [1.165, 1.54) is 0 Å². The number of benzene rings is 2. The zero-order valence-electron chi connectivity index (χ0n) is 20.4. The van der Waals surface area contributed by atoms with Crippen LogP contribution < -0.4 is 4.90 Å². The third-order valence-electron chi connectivity index (χ3n) is 6.67. The number of amides is 1. The summed E-state index contributed by atoms with van der Waals surface area (Å²) in [5, 5.41) is 7.25. The summed E-state index contributed by atoms with van der Waals surface area (Å²) >= 11 is 1.63. The third kappa shape index (κ3) is 5.11. The van der Waals surface area contributed by atoms with Gasteiger partial charge in [-0.1, -0.05) is 71.9 Å². The van der Waals surface area contributed by atoms with E-state index in [9.17, 15) is 4.79 Å². The molecule has 0 saturated carbocycles. The molecular formula is C29H27N5O2S. The largest absolute Gasteiger partial charge is 0.354 e. The van der Waals surface area contributed by atoms with Crippen molar-refractivity contribution in [3.05, 3.63) is 94.4 Å². The molecule has 2 aromatic carbocycles. The standard InChI is InChI=1S/C29H27N5O2S/c35-25(20-23-13-7-18-37-23)33-14-8-15-34(17-16-33)28-26-27(22-11-5-2-6-12-22)32-36-29(26)31-24(30-28)19-21-9-3-1-4-10-21/h1-7,9-13,18H,8,14-17,19-20H2. The molecule has 0 unspecified atom stereocenters. The maximum atomic E-state index is 13.0. The average Bonchev–Trinajstić information content (AvgIpc) is 3.53. The number of carbonyl (C=O) groups excluding carboxylic acids is 1. The molecule has 0 bridgehead atoms. The minimum Gasteiger partial charge on any atom is -0.354 e. The van der Waals surface area contributed by atoms with E-state index >= 15 is 0 Å². The van der Waals surface area contributed by atoms with Gasteiger partial charge in [-0.2, -0.15) is 4.98 Å². The minimum atomic E-state index is 0.178. The zero-order chi connectivity index (χ0) is 25.0. The van der Waals surface area contributed by atoms with Crippen molar-refractivity contribution in [3.8, 4) is 11.3 Å². The van der Waals surface area contributed by atoms with Gasteiger partial charge in [0.05, 0.1) is 6.42 Å². The van der Waals surface area contributed by atoms with Crippen LogP contribution in [0.2, 0.25) is 0 Å². The van der Waals surface area contributed by atoms with Crippen LogP contribution in [0.4, 0.5) is 5.82 Å². The molecule has 0 spiro atoms. The highest BCUT2D eigenvalue weighted by molar-refractivity contribution is 7.10. The summed E-state index contributed by atoms with van der Waals surface area (Å²) in [6.45, 7) is 2.86. The number of hydrogen-bond donors (Lipinski definition) is 0. The first-order valence-electron chi connectivity index (χ1n) is 12.6. The van der Waals surface area contributed by atoms with E-state index in [2.05, 4.69) is 22.2 Å². The molecule has 0 aliphatic carbocycles. The summed E-state index contributed by atoms with van der Waals surface area (Å²) < 4.78 is 5.77. The number of aromatic nitrogens is 3. The molecule has 0 N–H and O–H groups in total. The van der Waals surface area contributed by atoms with Gasteiger partial charge in [0.1, 0.15) is 22.7 Å². The molecule has 7 nitrogen and oxygen atoms in total. The Labute approximate surface area is 219 Å². The highest BCUT2D eigenvalue weighted by Crippen LogP contribution is 2.34. The van der Waals surface area contributed by atoms with Gasteiger partial charge in [0.25, 0.3) is 5.71 Å². The summed E-state index contributed by atoms with van der Waals surface area (Å²) in [6.07, 6.45) is 1.92. The first-order chi connectivity index (χ1) is 18.2. The molecule has 0 radical (unpaired) electrons. The Morgan fingerprint density at radius 3 is 2.49 bits per heavy atom. The van der Waals surface area contributed by atoms with Crippen LogP contribution in [-0.4, -0.2) is 52.1 Å². The fourth-order valence-corrected chi connectivity index (χ4v) is 5.51. The Kier molecular flexibility index (Phi) is 6.64. The summed E-state index contributed by atoms with van der Waals surface area (Å²) in [6, 6.07) is 24.2. The van der Waals surface area contributed by atoms with Crippen molar-refractivity contribution >= 4 is 34.2 Å². The van der Waals surface area contributed by atoms with Crippen molar-refractivity contribution in [3.63, 3.8) is 0 Å². The molecule has 8 heteroatoms. The topological polar surface area (TPSA) is 75.4 Å². The number of hydrogen-bond acceptors (Lipinski definition) is 7. The highest BCUT2D eigenvalue weighted by atomic mass is 32.1. The van der Waals surface area contributed by atoms with Crippen LogP contribution in [0.25, 0.3) is 22.4 Å². The van der Waals surface area contributed by atoms with Gasteiger partial charge in [-0.15, -0.1) is 11.3 Å². The van der Waals surface area contributed by atoms with Crippen LogP contribution in [0.3, 0.4) is 0 Å². The molecular weight excluding hydrogens is 482 g/mol. The van der Waals surface area contributed by atoms with Crippen LogP contribution in [0, 0.1) is 0 Å². The van der Waals surface area contributed by atoms with Crippen LogP contribution in [-0.2, 0) is 17.6 Å². The quantitative estimate of drug-likeness (QED) is 0.313. The molecule has 6 rings (SSSR count). The summed E-state index contributed by atoms with van der Waals surface area (Å²) in [5.74, 6) is 1.69. The van der Waals surface area contributed by atoms with Crippen molar-refractivity contribution in [1.29, 1.82) is 0 Å². The van der Waals surface area contributed by atoms with Crippen molar-refractivity contribution in [1.82, 2.24) is 20.0 Å².